The lowest BCUT2D eigenvalue weighted by Crippen LogP contribution is -2.41. The van der Waals surface area contributed by atoms with Gasteiger partial charge in [0.25, 0.3) is 5.56 Å². The average Bonchev–Trinajstić information content (AvgIpc) is 2.60. The molecule has 2 aliphatic heterocycles. The summed E-state index contributed by atoms with van der Waals surface area (Å²) in [4.78, 5) is 33.9. The summed E-state index contributed by atoms with van der Waals surface area (Å²) in [5, 5.41) is 0. The normalized spacial score (nSPS) is 19.6. The third-order valence-corrected chi connectivity index (χ3v) is 6.46. The van der Waals surface area contributed by atoms with Crippen LogP contribution in [0.2, 0.25) is 0 Å². The number of fused-ring (bicyclic) bond motifs is 1. The van der Waals surface area contributed by atoms with Gasteiger partial charge in [0.15, 0.2) is 0 Å². The first-order valence-corrected chi connectivity index (χ1v) is 10.9. The lowest BCUT2D eigenvalue weighted by atomic mass is 9.94. The maximum atomic E-state index is 12.5. The van der Waals surface area contributed by atoms with Gasteiger partial charge < -0.3 is 9.88 Å². The van der Waals surface area contributed by atoms with E-state index in [-0.39, 0.29) is 29.8 Å². The molecule has 0 atom stereocenters. The zero-order chi connectivity index (χ0) is 19.1. The minimum atomic E-state index is -3.32. The number of nitrogens with one attached hydrogen (secondary N) is 1. The van der Waals surface area contributed by atoms with Crippen molar-refractivity contribution in [1.82, 2.24) is 19.2 Å². The number of aromatic amines is 1. The molecule has 3 rings (SSSR count). The van der Waals surface area contributed by atoms with Gasteiger partial charge in [0.2, 0.25) is 15.9 Å². The molecule has 0 unspecified atom stereocenters. The number of rotatable bonds is 3. The zero-order valence-corrected chi connectivity index (χ0v) is 16.3. The molecule has 1 N–H and O–H groups in total. The van der Waals surface area contributed by atoms with Gasteiger partial charge in [-0.2, -0.15) is 4.31 Å². The monoisotopic (exact) mass is 382 g/mol. The van der Waals surface area contributed by atoms with E-state index in [1.807, 2.05) is 18.7 Å². The maximum absolute atomic E-state index is 12.5. The van der Waals surface area contributed by atoms with Crippen molar-refractivity contribution in [1.29, 1.82) is 0 Å². The lowest BCUT2D eigenvalue weighted by molar-refractivity contribution is -0.135. The Labute approximate surface area is 153 Å². The van der Waals surface area contributed by atoms with E-state index in [9.17, 15) is 18.0 Å². The van der Waals surface area contributed by atoms with Gasteiger partial charge in [-0.25, -0.2) is 13.4 Å². The second-order valence-electron chi connectivity index (χ2n) is 7.48. The molecular weight excluding hydrogens is 356 g/mol. The average molecular weight is 382 g/mol. The van der Waals surface area contributed by atoms with Gasteiger partial charge >= 0.3 is 0 Å². The summed E-state index contributed by atoms with van der Waals surface area (Å²) < 4.78 is 24.7. The van der Waals surface area contributed by atoms with Crippen LogP contribution in [-0.2, 0) is 27.8 Å². The van der Waals surface area contributed by atoms with E-state index in [2.05, 4.69) is 9.97 Å². The van der Waals surface area contributed by atoms with E-state index >= 15 is 0 Å². The standard InChI is InChI=1S/C17H26N4O4S/c1-11(2)17(23)20-7-4-12(5-8-20)15-18-14-6-9-21(26(3,24)25)10-13(14)16(22)19-15/h11-12H,4-10H2,1-3H3,(H,18,19,22). The first-order valence-electron chi connectivity index (χ1n) is 9.02. The van der Waals surface area contributed by atoms with Crippen LogP contribution in [0.1, 0.15) is 49.7 Å². The highest BCUT2D eigenvalue weighted by atomic mass is 32.2. The molecule has 0 aromatic carbocycles. The molecule has 3 heterocycles. The van der Waals surface area contributed by atoms with Crippen molar-refractivity contribution in [3.05, 3.63) is 27.4 Å². The van der Waals surface area contributed by atoms with Crippen LogP contribution in [0.5, 0.6) is 0 Å². The number of aromatic nitrogens is 2. The van der Waals surface area contributed by atoms with Crippen LogP contribution in [-0.4, -0.2) is 59.4 Å². The van der Waals surface area contributed by atoms with Crippen molar-refractivity contribution in [2.75, 3.05) is 25.9 Å². The molecule has 1 saturated heterocycles. The van der Waals surface area contributed by atoms with Crippen molar-refractivity contribution in [3.63, 3.8) is 0 Å². The van der Waals surface area contributed by atoms with E-state index < -0.39 is 10.0 Å². The largest absolute Gasteiger partial charge is 0.342 e. The van der Waals surface area contributed by atoms with Crippen molar-refractivity contribution in [2.24, 2.45) is 5.92 Å². The fraction of sp³-hybridized carbons (Fsp3) is 0.706. The molecule has 1 fully saturated rings. The summed E-state index contributed by atoms with van der Waals surface area (Å²) in [7, 11) is -3.32. The Hall–Kier alpha value is -1.74. The number of hydrogen-bond donors (Lipinski definition) is 1. The van der Waals surface area contributed by atoms with Gasteiger partial charge in [-0.3, -0.25) is 9.59 Å². The molecule has 0 aliphatic carbocycles. The predicted molar refractivity (Wildman–Crippen MR) is 97.2 cm³/mol. The van der Waals surface area contributed by atoms with Crippen molar-refractivity contribution in [3.8, 4) is 0 Å². The van der Waals surface area contributed by atoms with Crippen molar-refractivity contribution in [2.45, 2.75) is 45.6 Å². The lowest BCUT2D eigenvalue weighted by Gasteiger charge is -2.33. The van der Waals surface area contributed by atoms with Gasteiger partial charge in [0.05, 0.1) is 17.5 Å². The first-order chi connectivity index (χ1) is 12.2. The molecule has 1 aromatic heterocycles. The highest BCUT2D eigenvalue weighted by molar-refractivity contribution is 7.88. The maximum Gasteiger partial charge on any atom is 0.255 e. The number of H-pyrrole nitrogens is 1. The van der Waals surface area contributed by atoms with Crippen LogP contribution < -0.4 is 5.56 Å². The zero-order valence-electron chi connectivity index (χ0n) is 15.5. The fourth-order valence-electron chi connectivity index (χ4n) is 3.63. The SMILES string of the molecule is CC(C)C(=O)N1CCC(c2nc3c(c(=O)[nH]2)CN(S(C)(=O)=O)CC3)CC1. The van der Waals surface area contributed by atoms with E-state index in [0.717, 1.165) is 19.1 Å². The molecule has 0 bridgehead atoms. The van der Waals surface area contributed by atoms with Gasteiger partial charge in [-0.1, -0.05) is 13.8 Å². The summed E-state index contributed by atoms with van der Waals surface area (Å²) >= 11 is 0. The molecule has 26 heavy (non-hydrogen) atoms. The second-order valence-corrected chi connectivity index (χ2v) is 9.46. The van der Waals surface area contributed by atoms with Gasteiger partial charge in [0, 0.05) is 44.4 Å². The third kappa shape index (κ3) is 3.83. The number of piperidine rings is 1. The van der Waals surface area contributed by atoms with Crippen molar-refractivity contribution >= 4 is 15.9 Å². The second kappa shape index (κ2) is 7.11. The molecule has 0 spiro atoms. The summed E-state index contributed by atoms with van der Waals surface area (Å²) in [6.45, 7) is 5.57. The molecular formula is C17H26N4O4S. The summed E-state index contributed by atoms with van der Waals surface area (Å²) in [5.74, 6) is 0.942. The first kappa shape index (κ1) is 19.0. The van der Waals surface area contributed by atoms with E-state index in [1.165, 1.54) is 4.31 Å². The van der Waals surface area contributed by atoms with Crippen LogP contribution >= 0.6 is 0 Å². The smallest absolute Gasteiger partial charge is 0.255 e. The van der Waals surface area contributed by atoms with Gasteiger partial charge in [-0.05, 0) is 12.8 Å². The number of nitrogens with zero attached hydrogens (tertiary/aromatic N) is 3. The van der Waals surface area contributed by atoms with Crippen molar-refractivity contribution < 1.29 is 13.2 Å². The van der Waals surface area contributed by atoms with Crippen LogP contribution in [0, 0.1) is 5.92 Å². The predicted octanol–water partition coefficient (Wildman–Crippen LogP) is 0.450. The Balaban J connectivity index is 1.75. The number of carbonyl (C=O) groups excluding carboxylic acids is 1. The quantitative estimate of drug-likeness (QED) is 0.817. The van der Waals surface area contributed by atoms with Crippen LogP contribution in [0.25, 0.3) is 0 Å². The number of likely N-dealkylation sites (tertiary alicyclic amines) is 1. The summed E-state index contributed by atoms with van der Waals surface area (Å²) in [5.41, 5.74) is 0.890. The molecule has 1 aromatic rings. The summed E-state index contributed by atoms with van der Waals surface area (Å²) in [6.07, 6.45) is 3.15. The minimum absolute atomic E-state index is 0.00832. The van der Waals surface area contributed by atoms with E-state index in [0.29, 0.717) is 43.1 Å². The van der Waals surface area contributed by atoms with Gasteiger partial charge in [-0.15, -0.1) is 0 Å². The summed E-state index contributed by atoms with van der Waals surface area (Å²) in [6, 6.07) is 0. The highest BCUT2D eigenvalue weighted by Gasteiger charge is 2.30. The molecule has 144 valence electrons. The molecule has 9 heteroatoms. The number of sulfonamides is 1. The Morgan fingerprint density at radius 2 is 1.88 bits per heavy atom. The number of hydrogen-bond acceptors (Lipinski definition) is 5. The molecule has 2 aliphatic rings. The Morgan fingerprint density at radius 3 is 2.46 bits per heavy atom. The van der Waals surface area contributed by atoms with Gasteiger partial charge in [0.1, 0.15) is 5.82 Å². The number of amides is 1. The Morgan fingerprint density at radius 1 is 1.23 bits per heavy atom. The highest BCUT2D eigenvalue weighted by Crippen LogP contribution is 2.27. The Kier molecular flexibility index (Phi) is 5.21. The topological polar surface area (TPSA) is 103 Å². The van der Waals surface area contributed by atoms with Crippen LogP contribution in [0.4, 0.5) is 0 Å². The van der Waals surface area contributed by atoms with E-state index in [4.69, 9.17) is 0 Å². The molecule has 0 saturated carbocycles. The third-order valence-electron chi connectivity index (χ3n) is 5.21. The molecule has 8 nitrogen and oxygen atoms in total. The number of carbonyl (C=O) groups is 1. The minimum Gasteiger partial charge on any atom is -0.342 e. The van der Waals surface area contributed by atoms with Crippen LogP contribution in [0.3, 0.4) is 0 Å². The van der Waals surface area contributed by atoms with Crippen LogP contribution in [0.15, 0.2) is 4.79 Å². The van der Waals surface area contributed by atoms with E-state index in [1.54, 1.807) is 0 Å². The fourth-order valence-corrected chi connectivity index (χ4v) is 4.42. The Bertz CT molecular complexity index is 854. The molecule has 1 amide bonds. The molecule has 0 radical (unpaired) electrons.